The molecule has 7 nitrogen and oxygen atoms in total. The van der Waals surface area contributed by atoms with Crippen molar-refractivity contribution in [3.63, 3.8) is 0 Å². The van der Waals surface area contributed by atoms with Gasteiger partial charge in [-0.1, -0.05) is 17.3 Å². The lowest BCUT2D eigenvalue weighted by atomic mass is 9.91. The van der Waals surface area contributed by atoms with Crippen molar-refractivity contribution >= 4 is 22.8 Å². The van der Waals surface area contributed by atoms with Crippen LogP contribution in [0, 0.1) is 5.82 Å². The minimum atomic E-state index is -0.824. The Bertz CT molecular complexity index is 1120. The first-order valence-electron chi connectivity index (χ1n) is 10.4. The lowest BCUT2D eigenvalue weighted by Gasteiger charge is -2.33. The molecule has 3 aromatic rings. The number of nitrogens with zero attached hydrogens (tertiary/aromatic N) is 3. The van der Waals surface area contributed by atoms with Crippen molar-refractivity contribution in [1.29, 1.82) is 0 Å². The summed E-state index contributed by atoms with van der Waals surface area (Å²) in [5.41, 5.74) is 2.08. The van der Waals surface area contributed by atoms with Crippen LogP contribution in [-0.2, 0) is 0 Å². The van der Waals surface area contributed by atoms with E-state index in [0.29, 0.717) is 23.3 Å². The molecular weight excluding hydrogens is 401 g/mol. The fraction of sp³-hybridized carbons (Fsp3) is 0.348. The molecular formula is C23H22FN3O4. The number of aromatic nitrogens is 1. The molecule has 1 saturated heterocycles. The summed E-state index contributed by atoms with van der Waals surface area (Å²) in [5.74, 6) is -0.853. The highest BCUT2D eigenvalue weighted by molar-refractivity contribution is 6.21. The number of amides is 2. The summed E-state index contributed by atoms with van der Waals surface area (Å²) in [5, 5.41) is 15.5. The van der Waals surface area contributed by atoms with Gasteiger partial charge in [0.05, 0.1) is 29.5 Å². The van der Waals surface area contributed by atoms with Gasteiger partial charge in [-0.15, -0.1) is 0 Å². The topological polar surface area (TPSA) is 86.9 Å². The first kappa shape index (κ1) is 19.8. The second kappa shape index (κ2) is 7.86. The van der Waals surface area contributed by atoms with Gasteiger partial charge in [-0.25, -0.2) is 4.39 Å². The average molecular weight is 423 g/mol. The molecule has 1 N–H and O–H groups in total. The van der Waals surface area contributed by atoms with Crippen LogP contribution in [0.2, 0.25) is 0 Å². The number of piperidine rings is 1. The highest BCUT2D eigenvalue weighted by Crippen LogP contribution is 2.33. The van der Waals surface area contributed by atoms with E-state index in [0.717, 1.165) is 41.9 Å². The SMILES string of the molecule is O=C1c2ccccc2C(=O)N1CC(O)CN1CCC(c2noc3cc(F)ccc23)CC1. The van der Waals surface area contributed by atoms with E-state index in [1.165, 1.54) is 12.1 Å². The predicted octanol–water partition coefficient (Wildman–Crippen LogP) is 2.80. The number of hydrogen-bond donors (Lipinski definition) is 1. The zero-order chi connectivity index (χ0) is 21.5. The number of aliphatic hydroxyl groups is 1. The standard InChI is InChI=1S/C23H22FN3O4/c24-15-5-6-19-20(11-15)31-25-21(19)14-7-9-26(10-8-14)12-16(28)13-27-22(29)17-3-1-2-4-18(17)23(27)30/h1-6,11,14,16,28H,7-10,12-13H2. The van der Waals surface area contributed by atoms with Crippen LogP contribution in [0.4, 0.5) is 4.39 Å². The monoisotopic (exact) mass is 423 g/mol. The maximum Gasteiger partial charge on any atom is 0.261 e. The molecule has 0 radical (unpaired) electrons. The van der Waals surface area contributed by atoms with Crippen molar-refractivity contribution in [2.24, 2.45) is 0 Å². The van der Waals surface area contributed by atoms with Crippen LogP contribution < -0.4 is 0 Å². The van der Waals surface area contributed by atoms with Gasteiger partial charge in [0.15, 0.2) is 5.58 Å². The van der Waals surface area contributed by atoms with E-state index in [1.807, 2.05) is 0 Å². The maximum atomic E-state index is 13.4. The van der Waals surface area contributed by atoms with Crippen molar-refractivity contribution in [3.8, 4) is 0 Å². The van der Waals surface area contributed by atoms with Crippen LogP contribution in [0.3, 0.4) is 0 Å². The van der Waals surface area contributed by atoms with Gasteiger partial charge in [0.25, 0.3) is 11.8 Å². The Labute approximate surface area is 178 Å². The third kappa shape index (κ3) is 3.62. The first-order chi connectivity index (χ1) is 15.0. The number of imide groups is 1. The number of β-amino-alcohol motifs (C(OH)–C–C–N with tert-alkyl or cyclic N) is 1. The van der Waals surface area contributed by atoms with E-state index >= 15 is 0 Å². The summed E-state index contributed by atoms with van der Waals surface area (Å²) in [7, 11) is 0. The van der Waals surface area contributed by atoms with Crippen molar-refractivity contribution < 1.29 is 23.6 Å². The highest BCUT2D eigenvalue weighted by Gasteiger charge is 2.36. The largest absolute Gasteiger partial charge is 0.390 e. The summed E-state index contributed by atoms with van der Waals surface area (Å²) in [6.07, 6.45) is 0.840. The van der Waals surface area contributed by atoms with Crippen LogP contribution in [0.25, 0.3) is 11.0 Å². The molecule has 0 saturated carbocycles. The normalized spacial score (nSPS) is 18.7. The number of benzene rings is 2. The van der Waals surface area contributed by atoms with Crippen molar-refractivity contribution in [2.45, 2.75) is 24.9 Å². The van der Waals surface area contributed by atoms with E-state index in [9.17, 15) is 19.1 Å². The van der Waals surface area contributed by atoms with E-state index in [4.69, 9.17) is 4.52 Å². The summed E-state index contributed by atoms with van der Waals surface area (Å²) < 4.78 is 18.7. The molecule has 0 spiro atoms. The maximum absolute atomic E-state index is 13.4. The third-order valence-electron chi connectivity index (χ3n) is 6.18. The zero-order valence-electron chi connectivity index (χ0n) is 16.8. The molecule has 1 fully saturated rings. The predicted molar refractivity (Wildman–Crippen MR) is 110 cm³/mol. The minimum Gasteiger partial charge on any atom is -0.390 e. The van der Waals surface area contributed by atoms with Gasteiger partial charge in [0.2, 0.25) is 0 Å². The van der Waals surface area contributed by atoms with Gasteiger partial charge >= 0.3 is 0 Å². The zero-order valence-corrected chi connectivity index (χ0v) is 16.8. The van der Waals surface area contributed by atoms with Crippen molar-refractivity contribution in [1.82, 2.24) is 15.0 Å². The van der Waals surface area contributed by atoms with Crippen LogP contribution in [0.5, 0.6) is 0 Å². The molecule has 3 heterocycles. The molecule has 0 bridgehead atoms. The van der Waals surface area contributed by atoms with Crippen LogP contribution >= 0.6 is 0 Å². The Kier molecular flexibility index (Phi) is 5.03. The highest BCUT2D eigenvalue weighted by atomic mass is 19.1. The molecule has 2 aromatic carbocycles. The van der Waals surface area contributed by atoms with E-state index in [2.05, 4.69) is 10.1 Å². The second-order valence-electron chi connectivity index (χ2n) is 8.20. The Morgan fingerprint density at radius 3 is 2.42 bits per heavy atom. The van der Waals surface area contributed by atoms with Crippen LogP contribution in [0.1, 0.15) is 45.2 Å². The minimum absolute atomic E-state index is 0.0221. The van der Waals surface area contributed by atoms with Gasteiger partial charge in [-0.05, 0) is 50.2 Å². The lowest BCUT2D eigenvalue weighted by Crippen LogP contribution is -2.44. The van der Waals surface area contributed by atoms with Crippen LogP contribution in [0.15, 0.2) is 47.0 Å². The molecule has 1 unspecified atom stereocenters. The number of carbonyl (C=O) groups is 2. The molecule has 2 amide bonds. The Morgan fingerprint density at radius 1 is 1.06 bits per heavy atom. The quantitative estimate of drug-likeness (QED) is 0.635. The number of halogens is 1. The Balaban J connectivity index is 1.17. The van der Waals surface area contributed by atoms with E-state index < -0.39 is 6.10 Å². The Hall–Kier alpha value is -3.10. The first-order valence-corrected chi connectivity index (χ1v) is 10.4. The van der Waals surface area contributed by atoms with Crippen LogP contribution in [-0.4, -0.2) is 64.2 Å². The summed E-state index contributed by atoms with van der Waals surface area (Å²) >= 11 is 0. The number of carbonyl (C=O) groups excluding carboxylic acids is 2. The number of fused-ring (bicyclic) bond motifs is 2. The third-order valence-corrected chi connectivity index (χ3v) is 6.18. The smallest absolute Gasteiger partial charge is 0.261 e. The van der Waals surface area contributed by atoms with Gasteiger partial charge < -0.3 is 14.5 Å². The van der Waals surface area contributed by atoms with E-state index in [1.54, 1.807) is 30.3 Å². The van der Waals surface area contributed by atoms with Gasteiger partial charge in [-0.3, -0.25) is 14.5 Å². The van der Waals surface area contributed by atoms with Gasteiger partial charge in [-0.2, -0.15) is 0 Å². The number of hydrogen-bond acceptors (Lipinski definition) is 6. The van der Waals surface area contributed by atoms with Crippen molar-refractivity contribution in [3.05, 3.63) is 65.1 Å². The molecule has 0 aliphatic carbocycles. The molecule has 8 heteroatoms. The second-order valence-corrected chi connectivity index (χ2v) is 8.20. The molecule has 2 aliphatic rings. The molecule has 1 aromatic heterocycles. The molecule has 5 rings (SSSR count). The lowest BCUT2D eigenvalue weighted by molar-refractivity contribution is 0.0449. The summed E-state index contributed by atoms with van der Waals surface area (Å²) in [6, 6.07) is 11.2. The van der Waals surface area contributed by atoms with Gasteiger partial charge in [0, 0.05) is 23.9 Å². The van der Waals surface area contributed by atoms with E-state index in [-0.39, 0.29) is 30.1 Å². The number of likely N-dealkylation sites (tertiary alicyclic amines) is 1. The molecule has 2 aliphatic heterocycles. The molecule has 160 valence electrons. The number of rotatable bonds is 5. The van der Waals surface area contributed by atoms with Crippen molar-refractivity contribution in [2.75, 3.05) is 26.2 Å². The Morgan fingerprint density at radius 2 is 1.74 bits per heavy atom. The molecule has 1 atom stereocenters. The fourth-order valence-electron chi connectivity index (χ4n) is 4.59. The number of aliphatic hydroxyl groups excluding tert-OH is 1. The average Bonchev–Trinajstić information content (AvgIpc) is 3.29. The summed E-state index contributed by atoms with van der Waals surface area (Å²) in [6.45, 7) is 1.86. The molecule has 31 heavy (non-hydrogen) atoms. The summed E-state index contributed by atoms with van der Waals surface area (Å²) in [4.78, 5) is 28.2. The van der Waals surface area contributed by atoms with Gasteiger partial charge in [0.1, 0.15) is 5.82 Å². The fourth-order valence-corrected chi connectivity index (χ4v) is 4.59.